The Kier molecular flexibility index (Phi) is 4.67. The molecular weight excluding hydrogens is 340 g/mol. The van der Waals surface area contributed by atoms with Crippen molar-refractivity contribution in [1.82, 2.24) is 9.97 Å². The number of H-pyrrole nitrogens is 1. The standard InChI is InChI=1S/C18H18N2O4S/c1-9-14(17(22)23-4)10(2)19-15(9)16(21)11(3)25-18-20-12-7-5-6-8-13(12)24-18/h5-8,11,19H,1-4H3. The van der Waals surface area contributed by atoms with Gasteiger partial charge in [0.15, 0.2) is 11.4 Å². The van der Waals surface area contributed by atoms with Crippen molar-refractivity contribution in [3.8, 4) is 0 Å². The second-order valence-electron chi connectivity index (χ2n) is 5.69. The molecule has 0 aliphatic carbocycles. The first-order valence-electron chi connectivity index (χ1n) is 7.76. The molecule has 7 heteroatoms. The van der Waals surface area contributed by atoms with Gasteiger partial charge in [0.2, 0.25) is 0 Å². The minimum Gasteiger partial charge on any atom is -0.465 e. The smallest absolute Gasteiger partial charge is 0.339 e. The zero-order valence-corrected chi connectivity index (χ0v) is 15.2. The number of hydrogen-bond acceptors (Lipinski definition) is 6. The fourth-order valence-corrected chi connectivity index (χ4v) is 3.53. The molecule has 0 aliphatic rings. The SMILES string of the molecule is COC(=O)c1c(C)[nH]c(C(=O)C(C)Sc2nc3ccccc3o2)c1C. The van der Waals surface area contributed by atoms with Crippen LogP contribution in [0.5, 0.6) is 0 Å². The summed E-state index contributed by atoms with van der Waals surface area (Å²) in [6.45, 7) is 5.27. The van der Waals surface area contributed by atoms with Crippen LogP contribution < -0.4 is 0 Å². The first kappa shape index (κ1) is 17.3. The van der Waals surface area contributed by atoms with E-state index in [1.807, 2.05) is 24.3 Å². The van der Waals surface area contributed by atoms with E-state index in [-0.39, 0.29) is 5.78 Å². The van der Waals surface area contributed by atoms with E-state index in [1.165, 1.54) is 18.9 Å². The van der Waals surface area contributed by atoms with Crippen molar-refractivity contribution in [1.29, 1.82) is 0 Å². The lowest BCUT2D eigenvalue weighted by molar-refractivity contribution is 0.0599. The van der Waals surface area contributed by atoms with Crippen molar-refractivity contribution in [2.24, 2.45) is 0 Å². The number of ketones is 1. The van der Waals surface area contributed by atoms with Crippen LogP contribution in [0.15, 0.2) is 33.9 Å². The van der Waals surface area contributed by atoms with Gasteiger partial charge in [-0.05, 0) is 38.5 Å². The van der Waals surface area contributed by atoms with Crippen LogP contribution >= 0.6 is 11.8 Å². The van der Waals surface area contributed by atoms with E-state index in [0.29, 0.717) is 33.3 Å². The number of fused-ring (bicyclic) bond motifs is 1. The minimum atomic E-state index is -0.454. The summed E-state index contributed by atoms with van der Waals surface area (Å²) in [4.78, 5) is 32.0. The number of oxazole rings is 1. The lowest BCUT2D eigenvalue weighted by Crippen LogP contribution is -2.15. The number of nitrogens with zero attached hydrogens (tertiary/aromatic N) is 1. The average Bonchev–Trinajstić information content (AvgIpc) is 3.13. The van der Waals surface area contributed by atoms with Gasteiger partial charge in [-0.15, -0.1) is 0 Å². The molecule has 0 saturated heterocycles. The summed E-state index contributed by atoms with van der Waals surface area (Å²) in [6.07, 6.45) is 0. The van der Waals surface area contributed by atoms with E-state index < -0.39 is 11.2 Å². The van der Waals surface area contributed by atoms with Crippen LogP contribution in [0.25, 0.3) is 11.1 Å². The molecule has 6 nitrogen and oxygen atoms in total. The average molecular weight is 358 g/mol. The van der Waals surface area contributed by atoms with Crippen LogP contribution in [-0.4, -0.2) is 34.1 Å². The Morgan fingerprint density at radius 1 is 1.28 bits per heavy atom. The first-order chi connectivity index (χ1) is 11.9. The Morgan fingerprint density at radius 3 is 2.68 bits per heavy atom. The van der Waals surface area contributed by atoms with Crippen LogP contribution in [0, 0.1) is 13.8 Å². The van der Waals surface area contributed by atoms with E-state index >= 15 is 0 Å². The number of Topliss-reactive ketones (excluding diaryl/α,β-unsaturated/α-hetero) is 1. The number of benzene rings is 1. The summed E-state index contributed by atoms with van der Waals surface area (Å²) < 4.78 is 10.4. The molecule has 0 bridgehead atoms. The maximum atomic E-state index is 12.8. The maximum absolute atomic E-state index is 12.8. The Morgan fingerprint density at radius 2 is 2.00 bits per heavy atom. The molecule has 0 saturated carbocycles. The number of thioether (sulfide) groups is 1. The van der Waals surface area contributed by atoms with Gasteiger partial charge in [-0.2, -0.15) is 0 Å². The Balaban J connectivity index is 1.84. The molecule has 1 atom stereocenters. The number of aromatic nitrogens is 2. The lowest BCUT2D eigenvalue weighted by Gasteiger charge is -2.07. The highest BCUT2D eigenvalue weighted by Gasteiger charge is 2.26. The van der Waals surface area contributed by atoms with Crippen molar-refractivity contribution in [2.45, 2.75) is 31.2 Å². The number of aryl methyl sites for hydroxylation is 1. The summed E-state index contributed by atoms with van der Waals surface area (Å²) in [6, 6.07) is 7.44. The van der Waals surface area contributed by atoms with Crippen LogP contribution in [0.2, 0.25) is 0 Å². The Hall–Kier alpha value is -2.54. The summed E-state index contributed by atoms with van der Waals surface area (Å²) >= 11 is 1.25. The van der Waals surface area contributed by atoms with Crippen LogP contribution in [0.1, 0.15) is 39.0 Å². The third kappa shape index (κ3) is 3.19. The van der Waals surface area contributed by atoms with E-state index in [1.54, 1.807) is 20.8 Å². The normalized spacial score (nSPS) is 12.3. The Labute approximate surface area is 149 Å². The van der Waals surface area contributed by atoms with Gasteiger partial charge in [0.05, 0.1) is 23.6 Å². The van der Waals surface area contributed by atoms with Gasteiger partial charge in [-0.25, -0.2) is 9.78 Å². The highest BCUT2D eigenvalue weighted by atomic mass is 32.2. The van der Waals surface area contributed by atoms with Gasteiger partial charge in [0.1, 0.15) is 5.52 Å². The summed E-state index contributed by atoms with van der Waals surface area (Å²) in [5.41, 5.74) is 3.47. The highest BCUT2D eigenvalue weighted by Crippen LogP contribution is 2.29. The predicted molar refractivity (Wildman–Crippen MR) is 95.3 cm³/mol. The molecule has 1 N–H and O–H groups in total. The summed E-state index contributed by atoms with van der Waals surface area (Å²) in [5, 5.41) is 0.0199. The monoisotopic (exact) mass is 358 g/mol. The largest absolute Gasteiger partial charge is 0.465 e. The Bertz CT molecular complexity index is 924. The molecule has 2 heterocycles. The molecule has 3 rings (SSSR count). The fraction of sp³-hybridized carbons (Fsp3) is 0.278. The second kappa shape index (κ2) is 6.76. The number of esters is 1. The fourth-order valence-electron chi connectivity index (χ4n) is 2.71. The van der Waals surface area contributed by atoms with Crippen molar-refractivity contribution >= 4 is 34.6 Å². The summed E-state index contributed by atoms with van der Waals surface area (Å²) in [7, 11) is 1.32. The molecule has 2 aromatic heterocycles. The number of para-hydroxylation sites is 2. The number of hydrogen-bond donors (Lipinski definition) is 1. The topological polar surface area (TPSA) is 85.2 Å². The highest BCUT2D eigenvalue weighted by molar-refractivity contribution is 8.00. The van der Waals surface area contributed by atoms with E-state index in [4.69, 9.17) is 9.15 Å². The van der Waals surface area contributed by atoms with Crippen LogP contribution in [-0.2, 0) is 4.74 Å². The number of aromatic amines is 1. The van der Waals surface area contributed by atoms with Crippen molar-refractivity contribution in [3.63, 3.8) is 0 Å². The zero-order valence-electron chi connectivity index (χ0n) is 14.4. The molecule has 0 spiro atoms. The van der Waals surface area contributed by atoms with Gasteiger partial charge >= 0.3 is 5.97 Å². The molecule has 0 radical (unpaired) electrons. The predicted octanol–water partition coefficient (Wildman–Crippen LogP) is 3.92. The van der Waals surface area contributed by atoms with Gasteiger partial charge in [0.25, 0.3) is 5.22 Å². The molecule has 130 valence electrons. The van der Waals surface area contributed by atoms with Gasteiger partial charge < -0.3 is 14.1 Å². The maximum Gasteiger partial charge on any atom is 0.339 e. The molecular formula is C18H18N2O4S. The zero-order chi connectivity index (χ0) is 18.1. The number of ether oxygens (including phenoxy) is 1. The summed E-state index contributed by atoms with van der Waals surface area (Å²) in [5.74, 6) is -0.576. The van der Waals surface area contributed by atoms with E-state index in [9.17, 15) is 9.59 Å². The molecule has 0 fully saturated rings. The molecule has 0 amide bonds. The number of nitrogens with one attached hydrogen (secondary N) is 1. The number of rotatable bonds is 5. The number of carbonyl (C=O) groups is 2. The van der Waals surface area contributed by atoms with Crippen LogP contribution in [0.3, 0.4) is 0 Å². The van der Waals surface area contributed by atoms with Gasteiger partial charge in [-0.1, -0.05) is 23.9 Å². The first-order valence-corrected chi connectivity index (χ1v) is 8.64. The number of carbonyl (C=O) groups excluding carboxylic acids is 2. The third-order valence-corrected chi connectivity index (χ3v) is 4.94. The van der Waals surface area contributed by atoms with Crippen LogP contribution in [0.4, 0.5) is 0 Å². The van der Waals surface area contributed by atoms with Crippen molar-refractivity contribution < 1.29 is 18.7 Å². The quantitative estimate of drug-likeness (QED) is 0.423. The van der Waals surface area contributed by atoms with Crippen molar-refractivity contribution in [2.75, 3.05) is 7.11 Å². The van der Waals surface area contributed by atoms with Gasteiger partial charge in [0, 0.05) is 5.69 Å². The van der Waals surface area contributed by atoms with E-state index in [0.717, 1.165) is 5.52 Å². The van der Waals surface area contributed by atoms with E-state index in [2.05, 4.69) is 9.97 Å². The minimum absolute atomic E-state index is 0.122. The lowest BCUT2D eigenvalue weighted by atomic mass is 10.1. The molecule has 1 aromatic carbocycles. The number of methoxy groups -OCH3 is 1. The molecule has 25 heavy (non-hydrogen) atoms. The third-order valence-electron chi connectivity index (χ3n) is 3.99. The van der Waals surface area contributed by atoms with Gasteiger partial charge in [-0.3, -0.25) is 4.79 Å². The second-order valence-corrected chi connectivity index (χ2v) is 6.98. The molecule has 1 unspecified atom stereocenters. The molecule has 3 aromatic rings. The van der Waals surface area contributed by atoms with Crippen molar-refractivity contribution in [3.05, 3.63) is 46.8 Å². The molecule has 0 aliphatic heterocycles.